The number of carbonyl (C=O) groups excluding carboxylic acids is 2. The molecule has 0 saturated carbocycles. The third-order valence-corrected chi connectivity index (χ3v) is 3.42. The summed E-state index contributed by atoms with van der Waals surface area (Å²) in [4.78, 5) is 22.3. The van der Waals surface area contributed by atoms with E-state index in [1.165, 1.54) is 16.5 Å². The first kappa shape index (κ1) is 7.36. The van der Waals surface area contributed by atoms with E-state index < -0.39 is 11.1 Å². The van der Waals surface area contributed by atoms with Gasteiger partial charge in [-0.3, -0.25) is 9.59 Å². The summed E-state index contributed by atoms with van der Waals surface area (Å²) in [6.07, 6.45) is 6.32. The molecule has 0 spiro atoms. The average molecular weight is 181 g/mol. The van der Waals surface area contributed by atoms with Crippen LogP contribution in [0.4, 0.5) is 0 Å². The van der Waals surface area contributed by atoms with Gasteiger partial charge in [-0.25, -0.2) is 4.31 Å². The molecule has 4 heteroatoms. The van der Waals surface area contributed by atoms with Crippen molar-refractivity contribution in [1.29, 1.82) is 0 Å². The van der Waals surface area contributed by atoms with E-state index in [-0.39, 0.29) is 11.8 Å². The van der Waals surface area contributed by atoms with Crippen molar-refractivity contribution in [3.8, 4) is 0 Å². The lowest BCUT2D eigenvalue weighted by Crippen LogP contribution is -2.24. The highest BCUT2D eigenvalue weighted by atomic mass is 32.2. The smallest absolute Gasteiger partial charge is 0.262 e. The Morgan fingerprint density at radius 1 is 1.00 bits per heavy atom. The zero-order valence-corrected chi connectivity index (χ0v) is 7.07. The predicted molar refractivity (Wildman–Crippen MR) is 48.3 cm³/mol. The fraction of sp³-hybridized carbons (Fsp3) is 0. The number of imide groups is 1. The summed E-state index contributed by atoms with van der Waals surface area (Å²) >= 11 is -0.814. The maximum absolute atomic E-state index is 11.1. The van der Waals surface area contributed by atoms with E-state index >= 15 is 0 Å². The Morgan fingerprint density at radius 2 is 1.50 bits per heavy atom. The Hall–Kier alpha value is -1.29. The Balaban J connectivity index is 2.24. The van der Waals surface area contributed by atoms with Crippen LogP contribution in [0.15, 0.2) is 35.1 Å². The van der Waals surface area contributed by atoms with Crippen LogP contribution in [-0.4, -0.2) is 16.1 Å². The van der Waals surface area contributed by atoms with Gasteiger partial charge in [0.1, 0.15) is 0 Å². The normalized spacial score (nSPS) is 23.3. The van der Waals surface area contributed by atoms with Gasteiger partial charge >= 0.3 is 0 Å². The van der Waals surface area contributed by atoms with E-state index in [9.17, 15) is 9.59 Å². The summed E-state index contributed by atoms with van der Waals surface area (Å²) in [6, 6.07) is 0. The van der Waals surface area contributed by atoms with Crippen LogP contribution in [0.3, 0.4) is 0 Å². The lowest BCUT2D eigenvalue weighted by Gasteiger charge is -2.21. The van der Waals surface area contributed by atoms with Crippen molar-refractivity contribution in [2.24, 2.45) is 0 Å². The molecule has 0 atom stereocenters. The van der Waals surface area contributed by atoms with Crippen molar-refractivity contribution in [2.45, 2.75) is 0 Å². The van der Waals surface area contributed by atoms with Gasteiger partial charge in [0, 0.05) is 12.2 Å². The second-order valence-electron chi connectivity index (χ2n) is 2.38. The minimum atomic E-state index is -0.814. The Labute approximate surface area is 72.5 Å². The van der Waals surface area contributed by atoms with Crippen LogP contribution in [-0.2, 0) is 9.59 Å². The standard InChI is InChI=1S/C8H7NO2S/c10-7-3-4-8(11)9(7)12-5-1-2-6-12/h1-6,12H. The van der Waals surface area contributed by atoms with Gasteiger partial charge in [0.2, 0.25) is 0 Å². The van der Waals surface area contributed by atoms with Crippen LogP contribution in [0.1, 0.15) is 0 Å². The zero-order chi connectivity index (χ0) is 8.55. The van der Waals surface area contributed by atoms with E-state index in [0.29, 0.717) is 0 Å². The van der Waals surface area contributed by atoms with Crippen LogP contribution >= 0.6 is 11.1 Å². The van der Waals surface area contributed by atoms with Gasteiger partial charge in [0.05, 0.1) is 0 Å². The Bertz CT molecular complexity index is 300. The fourth-order valence-corrected chi connectivity index (χ4v) is 2.58. The summed E-state index contributed by atoms with van der Waals surface area (Å²) in [5, 5.41) is 3.75. The van der Waals surface area contributed by atoms with Gasteiger partial charge in [-0.15, -0.1) is 11.1 Å². The fourth-order valence-electron chi connectivity index (χ4n) is 1.08. The SMILES string of the molecule is O=C1C=CC(=O)N1[SH]1C=CC=C1. The summed E-state index contributed by atoms with van der Waals surface area (Å²) < 4.78 is 1.29. The number of hydrogen-bond acceptors (Lipinski definition) is 2. The van der Waals surface area contributed by atoms with Gasteiger partial charge < -0.3 is 0 Å². The molecule has 2 aliphatic heterocycles. The number of thiol groups is 1. The molecule has 0 saturated heterocycles. The lowest BCUT2D eigenvalue weighted by atomic mass is 10.6. The quantitative estimate of drug-likeness (QED) is 0.481. The van der Waals surface area contributed by atoms with Gasteiger partial charge in [-0.2, -0.15) is 0 Å². The average Bonchev–Trinajstić information content (AvgIpc) is 2.61. The molecule has 0 aliphatic carbocycles. The molecule has 12 heavy (non-hydrogen) atoms. The van der Waals surface area contributed by atoms with E-state index in [1.54, 1.807) is 0 Å². The summed E-state index contributed by atoms with van der Waals surface area (Å²) in [5.74, 6) is -0.412. The molecule has 3 nitrogen and oxygen atoms in total. The number of hydrogen-bond donors (Lipinski definition) is 1. The minimum absolute atomic E-state index is 0.206. The number of rotatable bonds is 1. The molecule has 0 fully saturated rings. The van der Waals surface area contributed by atoms with Crippen LogP contribution in [0.2, 0.25) is 0 Å². The molecule has 62 valence electrons. The van der Waals surface area contributed by atoms with Crippen molar-refractivity contribution in [3.05, 3.63) is 35.1 Å². The highest BCUT2D eigenvalue weighted by Crippen LogP contribution is 2.38. The van der Waals surface area contributed by atoms with Gasteiger partial charge in [-0.05, 0) is 10.8 Å². The van der Waals surface area contributed by atoms with Crippen LogP contribution in [0.25, 0.3) is 0 Å². The van der Waals surface area contributed by atoms with Gasteiger partial charge in [0.25, 0.3) is 11.8 Å². The van der Waals surface area contributed by atoms with Crippen molar-refractivity contribution in [2.75, 3.05) is 0 Å². The monoisotopic (exact) mass is 181 g/mol. The number of carbonyl (C=O) groups is 2. The molecule has 0 unspecified atom stereocenters. The lowest BCUT2D eigenvalue weighted by molar-refractivity contribution is -0.130. The topological polar surface area (TPSA) is 37.4 Å². The second-order valence-corrected chi connectivity index (χ2v) is 4.14. The van der Waals surface area contributed by atoms with Crippen molar-refractivity contribution in [3.63, 3.8) is 0 Å². The van der Waals surface area contributed by atoms with E-state index in [1.807, 2.05) is 23.0 Å². The molecule has 2 amide bonds. The third-order valence-electron chi connectivity index (χ3n) is 1.61. The largest absolute Gasteiger partial charge is 0.268 e. The Morgan fingerprint density at radius 3 is 2.00 bits per heavy atom. The molecule has 0 aromatic rings. The molecule has 2 rings (SSSR count). The molecule has 2 heterocycles. The number of allylic oxidation sites excluding steroid dienone is 2. The first-order valence-corrected chi connectivity index (χ1v) is 4.92. The molecule has 2 aliphatic rings. The maximum Gasteiger partial charge on any atom is 0.262 e. The summed E-state index contributed by atoms with van der Waals surface area (Å²) in [5.41, 5.74) is 0. The molecule has 0 aromatic carbocycles. The maximum atomic E-state index is 11.1. The first-order valence-electron chi connectivity index (χ1n) is 3.48. The van der Waals surface area contributed by atoms with Crippen LogP contribution in [0, 0.1) is 0 Å². The molecule has 0 radical (unpaired) electrons. The van der Waals surface area contributed by atoms with E-state index in [2.05, 4.69) is 0 Å². The predicted octanol–water partition coefficient (Wildman–Crippen LogP) is 0.869. The van der Waals surface area contributed by atoms with Crippen molar-refractivity contribution < 1.29 is 9.59 Å². The van der Waals surface area contributed by atoms with E-state index in [0.717, 1.165) is 0 Å². The molecule has 0 aromatic heterocycles. The van der Waals surface area contributed by atoms with E-state index in [4.69, 9.17) is 0 Å². The van der Waals surface area contributed by atoms with Crippen LogP contribution in [0.5, 0.6) is 0 Å². The molecular weight excluding hydrogens is 174 g/mol. The Kier molecular flexibility index (Phi) is 1.62. The first-order chi connectivity index (χ1) is 5.79. The summed E-state index contributed by atoms with van der Waals surface area (Å²) in [7, 11) is 0. The van der Waals surface area contributed by atoms with Gasteiger partial charge in [-0.1, -0.05) is 12.2 Å². The van der Waals surface area contributed by atoms with Crippen molar-refractivity contribution >= 4 is 22.9 Å². The second kappa shape index (κ2) is 2.64. The minimum Gasteiger partial charge on any atom is -0.268 e. The highest BCUT2D eigenvalue weighted by Gasteiger charge is 2.26. The molecule has 0 bridgehead atoms. The molecule has 0 N–H and O–H groups in total. The highest BCUT2D eigenvalue weighted by molar-refractivity contribution is 8.21. The van der Waals surface area contributed by atoms with Crippen molar-refractivity contribution in [1.82, 2.24) is 4.31 Å². The number of nitrogens with zero attached hydrogens (tertiary/aromatic N) is 1. The molecular formula is C8H7NO2S. The third kappa shape index (κ3) is 1.00. The van der Waals surface area contributed by atoms with Gasteiger partial charge in [0.15, 0.2) is 0 Å². The van der Waals surface area contributed by atoms with Crippen LogP contribution < -0.4 is 0 Å². The summed E-state index contributed by atoms with van der Waals surface area (Å²) in [6.45, 7) is 0. The zero-order valence-electron chi connectivity index (χ0n) is 6.18. The number of amides is 2.